The molecule has 1 saturated heterocycles. The molecule has 0 aliphatic carbocycles. The van der Waals surface area contributed by atoms with Gasteiger partial charge in [-0.05, 0) is 30.9 Å². The van der Waals surface area contributed by atoms with E-state index in [2.05, 4.69) is 5.32 Å². The number of carbonyl (C=O) groups is 1. The number of hydrogen-bond acceptors (Lipinski definition) is 4. The van der Waals surface area contributed by atoms with Crippen LogP contribution in [0.1, 0.15) is 23.2 Å². The van der Waals surface area contributed by atoms with Gasteiger partial charge in [-0.1, -0.05) is 0 Å². The maximum Gasteiger partial charge on any atom is 0.305 e. The van der Waals surface area contributed by atoms with Crippen LogP contribution in [0, 0.1) is 21.8 Å². The van der Waals surface area contributed by atoms with Crippen molar-refractivity contribution >= 4 is 11.6 Å². The molecule has 6 nitrogen and oxygen atoms in total. The van der Waals surface area contributed by atoms with Crippen molar-refractivity contribution in [2.24, 2.45) is 5.92 Å². The highest BCUT2D eigenvalue weighted by Gasteiger charge is 2.19. The number of nitrogens with one attached hydrogen (secondary N) is 1. The second kappa shape index (κ2) is 6.42. The number of nitrogens with zero attached hydrogens (tertiary/aromatic N) is 1. The molecule has 7 heteroatoms. The lowest BCUT2D eigenvalue weighted by atomic mass is 10.0. The molecule has 0 spiro atoms. The first-order valence-corrected chi connectivity index (χ1v) is 6.38. The first-order valence-electron chi connectivity index (χ1n) is 6.38. The van der Waals surface area contributed by atoms with Gasteiger partial charge in [0.25, 0.3) is 5.91 Å². The van der Waals surface area contributed by atoms with Crippen LogP contribution in [0.25, 0.3) is 0 Å². The monoisotopic (exact) mass is 282 g/mol. The average molecular weight is 282 g/mol. The van der Waals surface area contributed by atoms with Gasteiger partial charge in [-0.2, -0.15) is 4.39 Å². The van der Waals surface area contributed by atoms with Crippen LogP contribution >= 0.6 is 0 Å². The Morgan fingerprint density at radius 3 is 3.00 bits per heavy atom. The fraction of sp³-hybridized carbons (Fsp3) is 0.462. The van der Waals surface area contributed by atoms with Crippen LogP contribution in [0.5, 0.6) is 0 Å². The predicted molar refractivity (Wildman–Crippen MR) is 68.9 cm³/mol. The standard InChI is InChI=1S/C13H15FN2O4/c14-11-4-3-10(6-12(11)16(18)19)13(17)15-7-9-2-1-5-20-8-9/h3-4,6,9H,1-2,5,7-8H2,(H,15,17). The Balaban J connectivity index is 1.98. The van der Waals surface area contributed by atoms with Crippen LogP contribution in [-0.2, 0) is 4.74 Å². The van der Waals surface area contributed by atoms with Crippen LogP contribution in [0.4, 0.5) is 10.1 Å². The molecule has 108 valence electrons. The van der Waals surface area contributed by atoms with Crippen LogP contribution < -0.4 is 5.32 Å². The Hall–Kier alpha value is -2.02. The molecule has 0 saturated carbocycles. The lowest BCUT2D eigenvalue weighted by Crippen LogP contribution is -2.33. The van der Waals surface area contributed by atoms with Crippen molar-refractivity contribution < 1.29 is 18.8 Å². The minimum atomic E-state index is -0.952. The molecule has 0 radical (unpaired) electrons. The number of nitro benzene ring substituents is 1. The Morgan fingerprint density at radius 2 is 2.35 bits per heavy atom. The van der Waals surface area contributed by atoms with Crippen molar-refractivity contribution in [3.63, 3.8) is 0 Å². The second-order valence-electron chi connectivity index (χ2n) is 4.72. The molecule has 1 N–H and O–H groups in total. The predicted octanol–water partition coefficient (Wildman–Crippen LogP) is 1.89. The quantitative estimate of drug-likeness (QED) is 0.675. The molecule has 20 heavy (non-hydrogen) atoms. The number of carbonyl (C=O) groups excluding carboxylic acids is 1. The highest BCUT2D eigenvalue weighted by molar-refractivity contribution is 5.94. The van der Waals surface area contributed by atoms with Crippen molar-refractivity contribution in [2.45, 2.75) is 12.8 Å². The zero-order valence-corrected chi connectivity index (χ0v) is 10.8. The molecular formula is C13H15FN2O4. The minimum absolute atomic E-state index is 0.0785. The van der Waals surface area contributed by atoms with E-state index < -0.39 is 22.3 Å². The number of rotatable bonds is 4. The number of hydrogen-bond donors (Lipinski definition) is 1. The van der Waals surface area contributed by atoms with Gasteiger partial charge in [-0.3, -0.25) is 14.9 Å². The van der Waals surface area contributed by atoms with Gasteiger partial charge in [-0.15, -0.1) is 0 Å². The summed E-state index contributed by atoms with van der Waals surface area (Å²) in [5.41, 5.74) is -0.617. The first kappa shape index (κ1) is 14.4. The van der Waals surface area contributed by atoms with E-state index in [0.29, 0.717) is 13.2 Å². The van der Waals surface area contributed by atoms with Crippen molar-refractivity contribution in [2.75, 3.05) is 19.8 Å². The minimum Gasteiger partial charge on any atom is -0.381 e. The van der Waals surface area contributed by atoms with E-state index in [1.165, 1.54) is 6.07 Å². The Kier molecular flexibility index (Phi) is 4.62. The van der Waals surface area contributed by atoms with Gasteiger partial charge in [0.2, 0.25) is 5.82 Å². The molecule has 0 aromatic heterocycles. The Bertz CT molecular complexity index is 515. The van der Waals surface area contributed by atoms with Crippen LogP contribution in [0.15, 0.2) is 18.2 Å². The smallest absolute Gasteiger partial charge is 0.305 e. The summed E-state index contributed by atoms with van der Waals surface area (Å²) in [5, 5.41) is 13.3. The summed E-state index contributed by atoms with van der Waals surface area (Å²) in [4.78, 5) is 21.6. The molecule has 1 fully saturated rings. The fourth-order valence-corrected chi connectivity index (χ4v) is 2.10. The maximum absolute atomic E-state index is 13.2. The molecule has 2 rings (SSSR count). The fourth-order valence-electron chi connectivity index (χ4n) is 2.10. The number of amides is 1. The summed E-state index contributed by atoms with van der Waals surface area (Å²) in [6.45, 7) is 1.79. The van der Waals surface area contributed by atoms with E-state index >= 15 is 0 Å². The largest absolute Gasteiger partial charge is 0.381 e. The number of ether oxygens (including phenoxy) is 1. The van der Waals surface area contributed by atoms with E-state index in [-0.39, 0.29) is 11.5 Å². The molecule has 1 unspecified atom stereocenters. The lowest BCUT2D eigenvalue weighted by molar-refractivity contribution is -0.387. The van der Waals surface area contributed by atoms with Gasteiger partial charge < -0.3 is 10.1 Å². The van der Waals surface area contributed by atoms with E-state index in [0.717, 1.165) is 31.6 Å². The molecule has 1 aliphatic rings. The summed E-state index contributed by atoms with van der Waals surface area (Å²) >= 11 is 0. The summed E-state index contributed by atoms with van der Waals surface area (Å²) in [6.07, 6.45) is 1.94. The van der Waals surface area contributed by atoms with Gasteiger partial charge in [-0.25, -0.2) is 0 Å². The summed E-state index contributed by atoms with van der Waals surface area (Å²) < 4.78 is 18.5. The second-order valence-corrected chi connectivity index (χ2v) is 4.72. The third-order valence-electron chi connectivity index (χ3n) is 3.21. The molecule has 1 aromatic carbocycles. The Labute approximate surface area is 115 Å². The van der Waals surface area contributed by atoms with Crippen molar-refractivity contribution in [1.29, 1.82) is 0 Å². The van der Waals surface area contributed by atoms with Gasteiger partial charge in [0.15, 0.2) is 0 Å². The van der Waals surface area contributed by atoms with E-state index in [1.54, 1.807) is 0 Å². The summed E-state index contributed by atoms with van der Waals surface area (Å²) in [6, 6.07) is 3.11. The van der Waals surface area contributed by atoms with E-state index in [9.17, 15) is 19.3 Å². The summed E-state index contributed by atoms with van der Waals surface area (Å²) in [5.74, 6) is -1.14. The average Bonchev–Trinajstić information content (AvgIpc) is 2.46. The van der Waals surface area contributed by atoms with Gasteiger partial charge >= 0.3 is 5.69 Å². The van der Waals surface area contributed by atoms with Crippen molar-refractivity contribution in [3.05, 3.63) is 39.7 Å². The van der Waals surface area contributed by atoms with E-state index in [1.807, 2.05) is 0 Å². The van der Waals surface area contributed by atoms with Gasteiger partial charge in [0.1, 0.15) is 0 Å². The molecular weight excluding hydrogens is 267 g/mol. The maximum atomic E-state index is 13.2. The number of nitro groups is 1. The number of benzene rings is 1. The van der Waals surface area contributed by atoms with Gasteiger partial charge in [0.05, 0.1) is 11.5 Å². The van der Waals surface area contributed by atoms with Crippen LogP contribution in [0.3, 0.4) is 0 Å². The Morgan fingerprint density at radius 1 is 1.55 bits per heavy atom. The molecule has 1 amide bonds. The van der Waals surface area contributed by atoms with Crippen LogP contribution in [0.2, 0.25) is 0 Å². The SMILES string of the molecule is O=C(NCC1CCCOC1)c1ccc(F)c([N+](=O)[O-])c1. The molecule has 1 aromatic rings. The van der Waals surface area contributed by atoms with Crippen molar-refractivity contribution in [1.82, 2.24) is 5.32 Å². The zero-order valence-electron chi connectivity index (χ0n) is 10.8. The van der Waals surface area contributed by atoms with E-state index in [4.69, 9.17) is 4.74 Å². The third-order valence-corrected chi connectivity index (χ3v) is 3.21. The van der Waals surface area contributed by atoms with Crippen LogP contribution in [-0.4, -0.2) is 30.6 Å². The van der Waals surface area contributed by atoms with Crippen molar-refractivity contribution in [3.8, 4) is 0 Å². The third kappa shape index (κ3) is 3.51. The molecule has 1 heterocycles. The molecule has 1 aliphatic heterocycles. The number of halogens is 1. The summed E-state index contributed by atoms with van der Waals surface area (Å²) in [7, 11) is 0. The lowest BCUT2D eigenvalue weighted by Gasteiger charge is -2.22. The topological polar surface area (TPSA) is 81.5 Å². The normalized spacial score (nSPS) is 18.6. The zero-order chi connectivity index (χ0) is 14.5. The highest BCUT2D eigenvalue weighted by Crippen LogP contribution is 2.18. The van der Waals surface area contributed by atoms with Gasteiger partial charge in [0, 0.05) is 24.8 Å². The molecule has 1 atom stereocenters. The highest BCUT2D eigenvalue weighted by atomic mass is 19.1. The first-order chi connectivity index (χ1) is 9.58. The molecule has 0 bridgehead atoms.